The zero-order chi connectivity index (χ0) is 16.1. The third kappa shape index (κ3) is 4.32. The maximum atomic E-state index is 12.4. The highest BCUT2D eigenvalue weighted by atomic mass is 35.5. The quantitative estimate of drug-likeness (QED) is 0.815. The lowest BCUT2D eigenvalue weighted by Gasteiger charge is -2.15. The monoisotopic (exact) mass is 337 g/mol. The lowest BCUT2D eigenvalue weighted by atomic mass is 10.2. The number of nitrogens with one attached hydrogen (secondary N) is 1. The molecule has 0 aliphatic carbocycles. The van der Waals surface area contributed by atoms with Gasteiger partial charge in [-0.1, -0.05) is 36.4 Å². The Morgan fingerprint density at radius 3 is 2.91 bits per heavy atom. The fraction of sp³-hybridized carbons (Fsp3) is 0.286. The summed E-state index contributed by atoms with van der Waals surface area (Å²) < 4.78 is 0. The van der Waals surface area contributed by atoms with Crippen LogP contribution in [-0.4, -0.2) is 26.1 Å². The van der Waals surface area contributed by atoms with Gasteiger partial charge in [-0.05, 0) is 31.0 Å². The third-order valence-electron chi connectivity index (χ3n) is 2.94. The number of aromatic nitrogens is 3. The molecule has 0 saturated heterocycles. The summed E-state index contributed by atoms with van der Waals surface area (Å²) >= 11 is 7.22. The molecule has 1 unspecified atom stereocenters. The number of amides is 1. The van der Waals surface area contributed by atoms with Crippen molar-refractivity contribution in [3.8, 4) is 0 Å². The number of thioether (sulfide) groups is 1. The maximum Gasteiger partial charge on any atom is 0.237 e. The van der Waals surface area contributed by atoms with Crippen LogP contribution in [0.5, 0.6) is 0 Å². The van der Waals surface area contributed by atoms with Gasteiger partial charge in [0.15, 0.2) is 5.16 Å². The summed E-state index contributed by atoms with van der Waals surface area (Å²) in [6.07, 6.45) is 1.96. The van der Waals surface area contributed by atoms with E-state index in [1.165, 1.54) is 18.1 Å². The first-order valence-corrected chi connectivity index (χ1v) is 7.93. The largest absolute Gasteiger partial charge is 0.368 e. The molecule has 1 heterocycles. The summed E-state index contributed by atoms with van der Waals surface area (Å²) in [5.74, 6) is 0.00953. The minimum Gasteiger partial charge on any atom is -0.368 e. The number of aryl methyl sites for hydroxylation is 1. The molecule has 22 heavy (non-hydrogen) atoms. The summed E-state index contributed by atoms with van der Waals surface area (Å²) in [5, 5.41) is 3.56. The van der Waals surface area contributed by atoms with E-state index in [1.54, 1.807) is 12.1 Å². The molecule has 8 heteroatoms. The molecular weight excluding hydrogens is 322 g/mol. The molecule has 0 radical (unpaired) electrons. The Balaban J connectivity index is 2.10. The molecule has 0 aliphatic heterocycles. The van der Waals surface area contributed by atoms with E-state index in [9.17, 15) is 4.79 Å². The normalized spacial score (nSPS) is 12.0. The minimum atomic E-state index is -0.333. The minimum absolute atomic E-state index is 0.128. The Morgan fingerprint density at radius 2 is 2.23 bits per heavy atom. The van der Waals surface area contributed by atoms with Crippen LogP contribution in [0, 0.1) is 6.92 Å². The average Bonchev–Trinajstić information content (AvgIpc) is 2.48. The van der Waals surface area contributed by atoms with Crippen LogP contribution in [-0.2, 0) is 4.79 Å². The van der Waals surface area contributed by atoms with Gasteiger partial charge in [-0.3, -0.25) is 4.79 Å². The van der Waals surface area contributed by atoms with E-state index in [0.717, 1.165) is 5.56 Å². The van der Waals surface area contributed by atoms with Crippen molar-refractivity contribution >= 4 is 40.9 Å². The molecule has 1 atom stereocenters. The highest BCUT2D eigenvalue weighted by molar-refractivity contribution is 8.00. The molecule has 2 aromatic rings. The molecule has 0 fully saturated rings. The van der Waals surface area contributed by atoms with Gasteiger partial charge in [0.1, 0.15) is 6.33 Å². The first kappa shape index (κ1) is 16.5. The smallest absolute Gasteiger partial charge is 0.237 e. The van der Waals surface area contributed by atoms with Gasteiger partial charge in [0, 0.05) is 10.7 Å². The lowest BCUT2D eigenvalue weighted by Crippen LogP contribution is -2.25. The molecule has 2 rings (SSSR count). The van der Waals surface area contributed by atoms with Crippen LogP contribution in [0.15, 0.2) is 29.7 Å². The van der Waals surface area contributed by atoms with Crippen molar-refractivity contribution in [2.45, 2.75) is 30.7 Å². The molecule has 0 spiro atoms. The molecule has 0 bridgehead atoms. The average molecular weight is 338 g/mol. The number of rotatable bonds is 5. The number of anilines is 2. The fourth-order valence-electron chi connectivity index (χ4n) is 1.74. The highest BCUT2D eigenvalue weighted by Crippen LogP contribution is 2.25. The van der Waals surface area contributed by atoms with Crippen LogP contribution in [0.3, 0.4) is 0 Å². The van der Waals surface area contributed by atoms with E-state index < -0.39 is 0 Å². The van der Waals surface area contributed by atoms with E-state index in [1.807, 2.05) is 19.9 Å². The van der Waals surface area contributed by atoms with Crippen molar-refractivity contribution in [3.05, 3.63) is 35.1 Å². The Kier molecular flexibility index (Phi) is 5.57. The zero-order valence-corrected chi connectivity index (χ0v) is 13.8. The maximum absolute atomic E-state index is 12.4. The standard InChI is InChI=1S/C14H16ClN5OS/c1-3-11(22-14-18-7-17-13(16)20-14)12(21)19-10-6-9(15)5-4-8(10)2/h4-7,11H,3H2,1-2H3,(H,19,21)(H2,16,17,18,20). The van der Waals surface area contributed by atoms with Crippen LogP contribution in [0.2, 0.25) is 5.02 Å². The van der Waals surface area contributed by atoms with Crippen LogP contribution >= 0.6 is 23.4 Å². The summed E-state index contributed by atoms with van der Waals surface area (Å²) in [6.45, 7) is 3.83. The molecular formula is C14H16ClN5OS. The molecule has 0 saturated carbocycles. The Labute approximate surface area is 137 Å². The van der Waals surface area contributed by atoms with Crippen molar-refractivity contribution in [3.63, 3.8) is 0 Å². The molecule has 1 aromatic heterocycles. The molecule has 0 aliphatic rings. The predicted octanol–water partition coefficient (Wildman–Crippen LogP) is 2.93. The van der Waals surface area contributed by atoms with Crippen molar-refractivity contribution in [2.24, 2.45) is 0 Å². The topological polar surface area (TPSA) is 93.8 Å². The number of hydrogen-bond acceptors (Lipinski definition) is 6. The van der Waals surface area contributed by atoms with Gasteiger partial charge in [0.2, 0.25) is 11.9 Å². The van der Waals surface area contributed by atoms with E-state index in [0.29, 0.717) is 22.3 Å². The van der Waals surface area contributed by atoms with Gasteiger partial charge >= 0.3 is 0 Å². The summed E-state index contributed by atoms with van der Waals surface area (Å²) in [6, 6.07) is 5.37. The first-order valence-electron chi connectivity index (χ1n) is 6.67. The second kappa shape index (κ2) is 7.42. The molecule has 3 N–H and O–H groups in total. The number of hydrogen-bond donors (Lipinski definition) is 2. The van der Waals surface area contributed by atoms with Crippen molar-refractivity contribution in [2.75, 3.05) is 11.1 Å². The second-order valence-corrected chi connectivity index (χ2v) is 6.20. The predicted molar refractivity (Wildman–Crippen MR) is 89.0 cm³/mol. The molecule has 1 aromatic carbocycles. The number of nitrogens with two attached hydrogens (primary N) is 1. The second-order valence-electron chi connectivity index (χ2n) is 4.59. The van der Waals surface area contributed by atoms with E-state index in [2.05, 4.69) is 20.3 Å². The summed E-state index contributed by atoms with van der Waals surface area (Å²) in [7, 11) is 0. The number of halogens is 1. The van der Waals surface area contributed by atoms with Gasteiger partial charge < -0.3 is 11.1 Å². The summed E-state index contributed by atoms with van der Waals surface area (Å²) in [5.41, 5.74) is 7.17. The Morgan fingerprint density at radius 1 is 1.45 bits per heavy atom. The van der Waals surface area contributed by atoms with Crippen LogP contribution < -0.4 is 11.1 Å². The van der Waals surface area contributed by atoms with Gasteiger partial charge in [-0.2, -0.15) is 4.98 Å². The third-order valence-corrected chi connectivity index (χ3v) is 4.41. The van der Waals surface area contributed by atoms with Crippen molar-refractivity contribution < 1.29 is 4.79 Å². The Bertz CT molecular complexity index is 682. The van der Waals surface area contributed by atoms with Gasteiger partial charge in [-0.15, -0.1) is 0 Å². The fourth-order valence-corrected chi connectivity index (χ4v) is 2.75. The number of benzene rings is 1. The van der Waals surface area contributed by atoms with Crippen molar-refractivity contribution in [1.82, 2.24) is 15.0 Å². The van der Waals surface area contributed by atoms with Gasteiger partial charge in [0.25, 0.3) is 0 Å². The number of carbonyl (C=O) groups is 1. The van der Waals surface area contributed by atoms with Gasteiger partial charge in [0.05, 0.1) is 5.25 Å². The lowest BCUT2D eigenvalue weighted by molar-refractivity contribution is -0.115. The first-order chi connectivity index (χ1) is 10.5. The van der Waals surface area contributed by atoms with Crippen LogP contribution in [0.4, 0.5) is 11.6 Å². The highest BCUT2D eigenvalue weighted by Gasteiger charge is 2.20. The van der Waals surface area contributed by atoms with Gasteiger partial charge in [-0.25, -0.2) is 9.97 Å². The molecule has 1 amide bonds. The van der Waals surface area contributed by atoms with E-state index >= 15 is 0 Å². The van der Waals surface area contributed by atoms with Crippen molar-refractivity contribution in [1.29, 1.82) is 0 Å². The molecule has 116 valence electrons. The van der Waals surface area contributed by atoms with Crippen LogP contribution in [0.25, 0.3) is 0 Å². The van der Waals surface area contributed by atoms with E-state index in [4.69, 9.17) is 17.3 Å². The number of nitrogens with zero attached hydrogens (tertiary/aromatic N) is 3. The number of nitrogen functional groups attached to an aromatic ring is 1. The summed E-state index contributed by atoms with van der Waals surface area (Å²) in [4.78, 5) is 24.2. The SMILES string of the molecule is CCC(Sc1ncnc(N)n1)C(=O)Nc1cc(Cl)ccc1C. The zero-order valence-electron chi connectivity index (χ0n) is 12.2. The van der Waals surface area contributed by atoms with Crippen LogP contribution in [0.1, 0.15) is 18.9 Å². The Hall–Kier alpha value is -1.86. The molecule has 6 nitrogen and oxygen atoms in total. The van der Waals surface area contributed by atoms with E-state index in [-0.39, 0.29) is 17.1 Å². The number of carbonyl (C=O) groups excluding carboxylic acids is 1.